The Morgan fingerprint density at radius 3 is 2.33 bits per heavy atom. The summed E-state index contributed by atoms with van der Waals surface area (Å²) in [5.41, 5.74) is 9.88. The Labute approximate surface area is 232 Å². The van der Waals surface area contributed by atoms with Gasteiger partial charge in [0.25, 0.3) is 0 Å². The summed E-state index contributed by atoms with van der Waals surface area (Å²) in [6, 6.07) is 43.1. The van der Waals surface area contributed by atoms with Gasteiger partial charge in [-0.1, -0.05) is 105 Å². The van der Waals surface area contributed by atoms with Crippen molar-refractivity contribution in [2.75, 3.05) is 4.90 Å². The highest BCUT2D eigenvalue weighted by molar-refractivity contribution is 5.99. The molecule has 2 fully saturated rings. The lowest BCUT2D eigenvalue weighted by atomic mass is 9.51. The third-order valence-electron chi connectivity index (χ3n) is 10.3. The van der Waals surface area contributed by atoms with Crippen molar-refractivity contribution in [3.05, 3.63) is 126 Å². The molecule has 2 bridgehead atoms. The summed E-state index contributed by atoms with van der Waals surface area (Å²) in [5, 5.41) is 2.55. The van der Waals surface area contributed by atoms with E-state index in [-0.39, 0.29) is 5.41 Å². The molecule has 5 aromatic rings. The number of para-hydroxylation sites is 1. The van der Waals surface area contributed by atoms with Crippen LogP contribution in [0.15, 0.2) is 115 Å². The standard InChI is InChI=1S/C38H35N/c1-26-23-27-11-9-14-29(24-27)38(26)35-19-8-7-18-33(35)34-22-21-31(25-36(34)38)39(30-15-3-2-4-16-30)37-20-10-13-28-12-5-6-17-32(28)37/h2-8,10,12-13,15-22,25-27,29H,9,11,14,23-24H2,1H3. The van der Waals surface area contributed by atoms with Gasteiger partial charge in [-0.05, 0) is 95.0 Å². The van der Waals surface area contributed by atoms with Gasteiger partial charge in [0, 0.05) is 22.2 Å². The lowest BCUT2D eigenvalue weighted by Crippen LogP contribution is -2.48. The molecule has 0 radical (unpaired) electrons. The van der Waals surface area contributed by atoms with Crippen LogP contribution in [0.25, 0.3) is 21.9 Å². The molecular weight excluding hydrogens is 470 g/mol. The van der Waals surface area contributed by atoms with Gasteiger partial charge in [0.2, 0.25) is 0 Å². The van der Waals surface area contributed by atoms with E-state index in [1.807, 2.05) is 0 Å². The monoisotopic (exact) mass is 505 g/mol. The second kappa shape index (κ2) is 8.85. The normalized spacial score (nSPS) is 24.9. The Bertz CT molecular complexity index is 1680. The van der Waals surface area contributed by atoms with Crippen molar-refractivity contribution in [1.29, 1.82) is 0 Å². The maximum atomic E-state index is 2.58. The molecule has 4 atom stereocenters. The molecule has 39 heavy (non-hydrogen) atoms. The summed E-state index contributed by atoms with van der Waals surface area (Å²) in [5.74, 6) is 2.27. The van der Waals surface area contributed by atoms with Crippen LogP contribution < -0.4 is 4.90 Å². The molecule has 1 spiro atoms. The van der Waals surface area contributed by atoms with Crippen LogP contribution in [0.2, 0.25) is 0 Å². The van der Waals surface area contributed by atoms with Crippen LogP contribution in [0, 0.1) is 17.8 Å². The summed E-state index contributed by atoms with van der Waals surface area (Å²) in [7, 11) is 0. The highest BCUT2D eigenvalue weighted by Gasteiger charge is 2.55. The number of benzene rings is 5. The van der Waals surface area contributed by atoms with Gasteiger partial charge >= 0.3 is 0 Å². The first kappa shape index (κ1) is 23.1. The number of nitrogens with zero attached hydrogens (tertiary/aromatic N) is 1. The molecule has 2 saturated carbocycles. The number of rotatable bonds is 3. The van der Waals surface area contributed by atoms with Gasteiger partial charge < -0.3 is 4.90 Å². The van der Waals surface area contributed by atoms with E-state index in [2.05, 4.69) is 127 Å². The predicted octanol–water partition coefficient (Wildman–Crippen LogP) is 10.4. The van der Waals surface area contributed by atoms with Crippen LogP contribution >= 0.6 is 0 Å². The molecule has 192 valence electrons. The Kier molecular flexibility index (Phi) is 5.24. The highest BCUT2D eigenvalue weighted by atomic mass is 15.1. The number of anilines is 3. The Morgan fingerprint density at radius 1 is 0.641 bits per heavy atom. The van der Waals surface area contributed by atoms with Gasteiger partial charge in [-0.3, -0.25) is 0 Å². The maximum Gasteiger partial charge on any atom is 0.0540 e. The zero-order valence-electron chi connectivity index (χ0n) is 22.7. The van der Waals surface area contributed by atoms with Crippen molar-refractivity contribution in [2.24, 2.45) is 17.8 Å². The van der Waals surface area contributed by atoms with E-state index in [0.717, 1.165) is 11.8 Å². The molecule has 0 aromatic heterocycles. The fourth-order valence-electron chi connectivity index (χ4n) is 8.86. The van der Waals surface area contributed by atoms with E-state index in [1.54, 1.807) is 11.1 Å². The topological polar surface area (TPSA) is 3.24 Å². The molecule has 4 unspecified atom stereocenters. The number of fused-ring (bicyclic) bond motifs is 9. The van der Waals surface area contributed by atoms with Crippen molar-refractivity contribution in [3.63, 3.8) is 0 Å². The van der Waals surface area contributed by atoms with E-state index in [4.69, 9.17) is 0 Å². The largest absolute Gasteiger partial charge is 0.310 e. The van der Waals surface area contributed by atoms with E-state index in [0.29, 0.717) is 5.92 Å². The first-order chi connectivity index (χ1) is 19.2. The molecule has 3 aliphatic carbocycles. The Morgan fingerprint density at radius 2 is 1.41 bits per heavy atom. The minimum Gasteiger partial charge on any atom is -0.310 e. The first-order valence-corrected chi connectivity index (χ1v) is 14.8. The zero-order valence-corrected chi connectivity index (χ0v) is 22.7. The third kappa shape index (κ3) is 3.32. The number of hydrogen-bond acceptors (Lipinski definition) is 1. The molecule has 1 nitrogen and oxygen atoms in total. The Balaban J connectivity index is 1.38. The van der Waals surface area contributed by atoms with E-state index in [1.165, 1.54) is 71.1 Å². The molecule has 0 heterocycles. The smallest absolute Gasteiger partial charge is 0.0540 e. The van der Waals surface area contributed by atoms with Crippen LogP contribution in [-0.4, -0.2) is 0 Å². The molecule has 0 aliphatic heterocycles. The van der Waals surface area contributed by atoms with Crippen LogP contribution in [0.1, 0.15) is 50.2 Å². The average Bonchev–Trinajstić information content (AvgIpc) is 3.28. The molecule has 1 heteroatoms. The predicted molar refractivity (Wildman–Crippen MR) is 164 cm³/mol. The van der Waals surface area contributed by atoms with Crippen molar-refractivity contribution >= 4 is 27.8 Å². The van der Waals surface area contributed by atoms with Crippen molar-refractivity contribution < 1.29 is 0 Å². The lowest BCUT2D eigenvalue weighted by molar-refractivity contribution is 0.0670. The zero-order chi connectivity index (χ0) is 26.0. The summed E-state index contributed by atoms with van der Waals surface area (Å²) in [4.78, 5) is 2.48. The third-order valence-corrected chi connectivity index (χ3v) is 10.3. The Hall–Kier alpha value is -3.84. The molecule has 3 aliphatic rings. The average molecular weight is 506 g/mol. The summed E-state index contributed by atoms with van der Waals surface area (Å²) < 4.78 is 0. The summed E-state index contributed by atoms with van der Waals surface area (Å²) >= 11 is 0. The minimum absolute atomic E-state index is 0.111. The van der Waals surface area contributed by atoms with Crippen molar-refractivity contribution in [1.82, 2.24) is 0 Å². The molecule has 5 aromatic carbocycles. The van der Waals surface area contributed by atoms with Crippen LogP contribution in [0.4, 0.5) is 17.1 Å². The molecule has 0 N–H and O–H groups in total. The van der Waals surface area contributed by atoms with Gasteiger partial charge in [0.1, 0.15) is 0 Å². The van der Waals surface area contributed by atoms with Crippen molar-refractivity contribution in [2.45, 2.75) is 44.4 Å². The highest BCUT2D eigenvalue weighted by Crippen LogP contribution is 2.64. The fraction of sp³-hybridized carbons (Fsp3) is 0.263. The second-order valence-electron chi connectivity index (χ2n) is 12.2. The van der Waals surface area contributed by atoms with Gasteiger partial charge in [-0.2, -0.15) is 0 Å². The van der Waals surface area contributed by atoms with E-state index >= 15 is 0 Å². The van der Waals surface area contributed by atoms with Crippen molar-refractivity contribution in [3.8, 4) is 11.1 Å². The first-order valence-electron chi connectivity index (χ1n) is 14.8. The van der Waals surface area contributed by atoms with Crippen LogP contribution in [-0.2, 0) is 5.41 Å². The SMILES string of the molecule is CC1CC2CCCC(C2)C12c1ccccc1-c1ccc(N(c3ccccc3)c3cccc4ccccc34)cc12. The van der Waals surface area contributed by atoms with E-state index < -0.39 is 0 Å². The summed E-state index contributed by atoms with van der Waals surface area (Å²) in [6.07, 6.45) is 6.89. The molecule has 0 amide bonds. The van der Waals surface area contributed by atoms with Gasteiger partial charge in [-0.25, -0.2) is 0 Å². The minimum atomic E-state index is 0.111. The number of hydrogen-bond donors (Lipinski definition) is 0. The lowest BCUT2D eigenvalue weighted by Gasteiger charge is -2.53. The van der Waals surface area contributed by atoms with Crippen LogP contribution in [0.5, 0.6) is 0 Å². The van der Waals surface area contributed by atoms with E-state index in [9.17, 15) is 0 Å². The van der Waals surface area contributed by atoms with Gasteiger partial charge in [0.05, 0.1) is 5.69 Å². The van der Waals surface area contributed by atoms with Gasteiger partial charge in [0.15, 0.2) is 0 Å². The molecule has 8 rings (SSSR count). The summed E-state index contributed by atoms with van der Waals surface area (Å²) in [6.45, 7) is 2.56. The molecular formula is C38H35N. The maximum absolute atomic E-state index is 2.58. The van der Waals surface area contributed by atoms with Gasteiger partial charge in [-0.15, -0.1) is 0 Å². The quantitative estimate of drug-likeness (QED) is 0.236. The second-order valence-corrected chi connectivity index (χ2v) is 12.2. The molecule has 0 saturated heterocycles. The fourth-order valence-corrected chi connectivity index (χ4v) is 8.86. The van der Waals surface area contributed by atoms with Crippen LogP contribution in [0.3, 0.4) is 0 Å².